The van der Waals surface area contributed by atoms with Crippen LogP contribution in [-0.2, 0) is 11.3 Å². The zero-order valence-electron chi connectivity index (χ0n) is 14.7. The van der Waals surface area contributed by atoms with E-state index in [0.29, 0.717) is 12.6 Å². The van der Waals surface area contributed by atoms with Crippen molar-refractivity contribution in [1.82, 2.24) is 15.1 Å². The minimum Gasteiger partial charge on any atom is -0.379 e. The van der Waals surface area contributed by atoms with Crippen LogP contribution in [0.5, 0.6) is 0 Å². The van der Waals surface area contributed by atoms with Gasteiger partial charge in [-0.05, 0) is 31.0 Å². The van der Waals surface area contributed by atoms with Gasteiger partial charge < -0.3 is 15.0 Å². The molecule has 2 heterocycles. The quantitative estimate of drug-likeness (QED) is 0.590. The van der Waals surface area contributed by atoms with Crippen LogP contribution in [0.4, 0.5) is 0 Å². The Morgan fingerprint density at radius 1 is 1.36 bits per heavy atom. The summed E-state index contributed by atoms with van der Waals surface area (Å²) in [6.07, 6.45) is 1.18. The molecule has 3 rings (SSSR count). The number of aliphatic imine (C=N–C) groups is 1. The summed E-state index contributed by atoms with van der Waals surface area (Å²) in [7, 11) is 0. The summed E-state index contributed by atoms with van der Waals surface area (Å²) in [6.45, 7) is 9.43. The van der Waals surface area contributed by atoms with Gasteiger partial charge in [0.2, 0.25) is 0 Å². The first-order chi connectivity index (χ1) is 12.2. The van der Waals surface area contributed by atoms with E-state index in [0.717, 1.165) is 67.0 Å². The third-order valence-electron chi connectivity index (χ3n) is 4.77. The van der Waals surface area contributed by atoms with Crippen LogP contribution in [0.1, 0.15) is 18.9 Å². The van der Waals surface area contributed by atoms with Crippen LogP contribution in [0.15, 0.2) is 27.7 Å². The fourth-order valence-electron chi connectivity index (χ4n) is 3.41. The minimum atomic E-state index is 0.590. The van der Waals surface area contributed by atoms with E-state index in [1.54, 1.807) is 0 Å². The highest BCUT2D eigenvalue weighted by molar-refractivity contribution is 9.10. The first-order valence-corrected chi connectivity index (χ1v) is 10.1. The fraction of sp³-hybridized carbons (Fsp3) is 0.611. The number of likely N-dealkylation sites (tertiary alicyclic amines) is 1. The Morgan fingerprint density at radius 3 is 2.88 bits per heavy atom. The average Bonchev–Trinajstić information content (AvgIpc) is 3.10. The molecular weight excluding hydrogens is 404 g/mol. The second-order valence-electron chi connectivity index (χ2n) is 6.44. The number of rotatable bonds is 4. The number of nitrogens with one attached hydrogen (secondary N) is 1. The second-order valence-corrected chi connectivity index (χ2v) is 7.77. The van der Waals surface area contributed by atoms with E-state index in [1.807, 2.05) is 18.2 Å². The highest BCUT2D eigenvalue weighted by Crippen LogP contribution is 2.22. The van der Waals surface area contributed by atoms with Crippen molar-refractivity contribution < 1.29 is 4.74 Å². The van der Waals surface area contributed by atoms with Crippen LogP contribution in [0, 0.1) is 0 Å². The lowest BCUT2D eigenvalue weighted by atomic mass is 10.2. The maximum atomic E-state index is 6.32. The van der Waals surface area contributed by atoms with Crippen molar-refractivity contribution in [1.29, 1.82) is 0 Å². The summed E-state index contributed by atoms with van der Waals surface area (Å²) in [4.78, 5) is 9.75. The van der Waals surface area contributed by atoms with Crippen LogP contribution >= 0.6 is 27.5 Å². The van der Waals surface area contributed by atoms with Gasteiger partial charge in [0.1, 0.15) is 0 Å². The van der Waals surface area contributed by atoms with Gasteiger partial charge >= 0.3 is 0 Å². The van der Waals surface area contributed by atoms with Gasteiger partial charge in [0, 0.05) is 48.3 Å². The van der Waals surface area contributed by atoms with E-state index in [2.05, 4.69) is 38.0 Å². The van der Waals surface area contributed by atoms with Crippen LogP contribution in [0.2, 0.25) is 5.02 Å². The highest BCUT2D eigenvalue weighted by atomic mass is 79.9. The van der Waals surface area contributed by atoms with E-state index in [-0.39, 0.29) is 0 Å². The predicted molar refractivity (Wildman–Crippen MR) is 106 cm³/mol. The van der Waals surface area contributed by atoms with Crippen molar-refractivity contribution in [2.45, 2.75) is 25.9 Å². The lowest BCUT2D eigenvalue weighted by Crippen LogP contribution is -2.46. The average molecular weight is 430 g/mol. The molecule has 0 bridgehead atoms. The molecule has 0 saturated carbocycles. The zero-order chi connectivity index (χ0) is 17.6. The molecule has 0 amide bonds. The molecule has 2 aliphatic heterocycles. The number of hydrogen-bond donors (Lipinski definition) is 1. The molecule has 0 spiro atoms. The summed E-state index contributed by atoms with van der Waals surface area (Å²) in [6, 6.07) is 6.56. The largest absolute Gasteiger partial charge is 0.379 e. The Morgan fingerprint density at radius 2 is 2.16 bits per heavy atom. The first kappa shape index (κ1) is 19.0. The number of hydrogen-bond acceptors (Lipinski definition) is 3. The SMILES string of the molecule is CCNC(=NCc1ccc(Br)cc1Cl)N1CCC(N2CCOCC2)C1. The van der Waals surface area contributed by atoms with Gasteiger partial charge in [0.25, 0.3) is 0 Å². The normalized spacial score (nSPS) is 22.4. The molecule has 5 nitrogen and oxygen atoms in total. The predicted octanol–water partition coefficient (Wildman–Crippen LogP) is 2.97. The van der Waals surface area contributed by atoms with Gasteiger partial charge in [-0.1, -0.05) is 33.6 Å². The molecule has 2 aliphatic rings. The van der Waals surface area contributed by atoms with Crippen molar-refractivity contribution in [2.75, 3.05) is 45.9 Å². The standard InChI is InChI=1S/C18H26BrClN4O/c1-2-21-18(22-12-14-3-4-15(19)11-17(14)20)24-6-5-16(13-24)23-7-9-25-10-8-23/h3-4,11,16H,2,5-10,12-13H2,1H3,(H,21,22). The molecule has 1 aromatic rings. The Kier molecular flexibility index (Phi) is 6.99. The van der Waals surface area contributed by atoms with Gasteiger partial charge in [0.15, 0.2) is 5.96 Å². The van der Waals surface area contributed by atoms with Gasteiger partial charge in [-0.2, -0.15) is 0 Å². The molecule has 0 radical (unpaired) electrons. The van der Waals surface area contributed by atoms with Gasteiger partial charge in [0.05, 0.1) is 19.8 Å². The van der Waals surface area contributed by atoms with E-state index < -0.39 is 0 Å². The van der Waals surface area contributed by atoms with Crippen molar-refractivity contribution >= 4 is 33.5 Å². The molecule has 7 heteroatoms. The van der Waals surface area contributed by atoms with Crippen LogP contribution in [0.25, 0.3) is 0 Å². The summed E-state index contributed by atoms with van der Waals surface area (Å²) >= 11 is 9.77. The Labute approximate surface area is 163 Å². The molecule has 2 saturated heterocycles. The van der Waals surface area contributed by atoms with E-state index >= 15 is 0 Å². The van der Waals surface area contributed by atoms with Crippen molar-refractivity contribution in [3.05, 3.63) is 33.3 Å². The molecule has 0 aliphatic carbocycles. The van der Waals surface area contributed by atoms with E-state index in [9.17, 15) is 0 Å². The van der Waals surface area contributed by atoms with Crippen LogP contribution in [0.3, 0.4) is 0 Å². The highest BCUT2D eigenvalue weighted by Gasteiger charge is 2.30. The van der Waals surface area contributed by atoms with Gasteiger partial charge in [-0.15, -0.1) is 0 Å². The van der Waals surface area contributed by atoms with Crippen molar-refractivity contribution in [3.8, 4) is 0 Å². The zero-order valence-corrected chi connectivity index (χ0v) is 17.0. The number of halogens is 2. The number of guanidine groups is 1. The minimum absolute atomic E-state index is 0.590. The molecule has 0 aromatic heterocycles. The monoisotopic (exact) mass is 428 g/mol. The molecular formula is C18H26BrClN4O. The Balaban J connectivity index is 1.64. The fourth-order valence-corrected chi connectivity index (χ4v) is 4.14. The third-order valence-corrected chi connectivity index (χ3v) is 5.62. The van der Waals surface area contributed by atoms with E-state index in [4.69, 9.17) is 21.3 Å². The molecule has 138 valence electrons. The first-order valence-electron chi connectivity index (χ1n) is 8.96. The number of ether oxygens (including phenoxy) is 1. The maximum Gasteiger partial charge on any atom is 0.194 e. The molecule has 1 atom stereocenters. The smallest absolute Gasteiger partial charge is 0.194 e. The molecule has 2 fully saturated rings. The molecule has 1 aromatic carbocycles. The molecule has 1 N–H and O–H groups in total. The molecule has 1 unspecified atom stereocenters. The summed E-state index contributed by atoms with van der Waals surface area (Å²) in [5.74, 6) is 0.984. The van der Waals surface area contributed by atoms with Crippen molar-refractivity contribution in [3.63, 3.8) is 0 Å². The topological polar surface area (TPSA) is 40.1 Å². The van der Waals surface area contributed by atoms with E-state index in [1.165, 1.54) is 6.42 Å². The lowest BCUT2D eigenvalue weighted by molar-refractivity contribution is 0.0195. The Bertz CT molecular complexity index is 607. The van der Waals surface area contributed by atoms with Crippen LogP contribution in [-0.4, -0.2) is 67.7 Å². The number of morpholine rings is 1. The lowest BCUT2D eigenvalue weighted by Gasteiger charge is -2.32. The Hall–Kier alpha value is -0.820. The molecule has 25 heavy (non-hydrogen) atoms. The number of benzene rings is 1. The summed E-state index contributed by atoms with van der Waals surface area (Å²) in [5, 5.41) is 4.18. The van der Waals surface area contributed by atoms with Gasteiger partial charge in [-0.3, -0.25) is 4.90 Å². The second kappa shape index (κ2) is 9.21. The number of nitrogens with zero attached hydrogens (tertiary/aromatic N) is 3. The summed E-state index contributed by atoms with van der Waals surface area (Å²) in [5.41, 5.74) is 1.05. The maximum absolute atomic E-state index is 6.32. The van der Waals surface area contributed by atoms with Gasteiger partial charge in [-0.25, -0.2) is 4.99 Å². The third kappa shape index (κ3) is 5.09. The van der Waals surface area contributed by atoms with Crippen LogP contribution < -0.4 is 5.32 Å². The van der Waals surface area contributed by atoms with Crippen molar-refractivity contribution in [2.24, 2.45) is 4.99 Å². The summed E-state index contributed by atoms with van der Waals surface area (Å²) < 4.78 is 6.46.